The Labute approximate surface area is 83.5 Å². The molecule has 0 bridgehead atoms. The monoisotopic (exact) mass is 196 g/mol. The molecule has 0 radical (unpaired) electrons. The molecular formula is C10H16N2O2. The maximum atomic E-state index is 11.7. The van der Waals surface area contributed by atoms with Gasteiger partial charge in [0.15, 0.2) is 0 Å². The number of hydroxylamine groups is 2. The van der Waals surface area contributed by atoms with E-state index in [4.69, 9.17) is 4.84 Å². The number of hydrogen-bond donors (Lipinski definition) is 1. The van der Waals surface area contributed by atoms with Crippen molar-refractivity contribution in [1.29, 1.82) is 0 Å². The summed E-state index contributed by atoms with van der Waals surface area (Å²) in [4.78, 5) is 17.6. The molecule has 1 aliphatic carbocycles. The first-order chi connectivity index (χ1) is 6.79. The largest absolute Gasteiger partial charge is 0.315 e. The molecular weight excluding hydrogens is 180 g/mol. The molecule has 1 saturated carbocycles. The van der Waals surface area contributed by atoms with Crippen LogP contribution < -0.4 is 5.32 Å². The van der Waals surface area contributed by atoms with Crippen molar-refractivity contribution < 1.29 is 9.63 Å². The molecule has 1 spiro atoms. The lowest BCUT2D eigenvalue weighted by atomic mass is 9.78. The van der Waals surface area contributed by atoms with E-state index in [1.165, 1.54) is 6.42 Å². The summed E-state index contributed by atoms with van der Waals surface area (Å²) in [7, 11) is 0. The first-order valence-electron chi connectivity index (χ1n) is 5.51. The summed E-state index contributed by atoms with van der Waals surface area (Å²) in [6, 6.07) is 0.280. The molecule has 1 unspecified atom stereocenters. The van der Waals surface area contributed by atoms with Crippen LogP contribution in [0.4, 0.5) is 0 Å². The van der Waals surface area contributed by atoms with E-state index in [9.17, 15) is 4.79 Å². The van der Waals surface area contributed by atoms with E-state index in [-0.39, 0.29) is 17.6 Å². The maximum absolute atomic E-state index is 11.7. The van der Waals surface area contributed by atoms with E-state index in [0.717, 1.165) is 32.4 Å². The summed E-state index contributed by atoms with van der Waals surface area (Å²) in [5.74, 6) is 0.193. The van der Waals surface area contributed by atoms with Crippen molar-refractivity contribution in [2.24, 2.45) is 0 Å². The molecule has 4 nitrogen and oxygen atoms in total. The van der Waals surface area contributed by atoms with Gasteiger partial charge in [-0.15, -0.1) is 0 Å². The summed E-state index contributed by atoms with van der Waals surface area (Å²) < 4.78 is 0. The minimum atomic E-state index is -0.0837. The van der Waals surface area contributed by atoms with Gasteiger partial charge in [0.25, 0.3) is 0 Å². The third-order valence-corrected chi connectivity index (χ3v) is 3.64. The normalized spacial score (nSPS) is 35.3. The Morgan fingerprint density at radius 2 is 2.36 bits per heavy atom. The predicted molar refractivity (Wildman–Crippen MR) is 50.4 cm³/mol. The number of hydrogen-bond acceptors (Lipinski definition) is 3. The van der Waals surface area contributed by atoms with Crippen LogP contribution in [-0.4, -0.2) is 35.7 Å². The molecule has 3 fully saturated rings. The van der Waals surface area contributed by atoms with E-state index in [1.807, 2.05) is 0 Å². The van der Waals surface area contributed by atoms with Crippen LogP contribution >= 0.6 is 0 Å². The van der Waals surface area contributed by atoms with Crippen LogP contribution in [-0.2, 0) is 9.63 Å². The zero-order valence-corrected chi connectivity index (χ0v) is 8.29. The van der Waals surface area contributed by atoms with Crippen molar-refractivity contribution in [2.75, 3.05) is 13.1 Å². The van der Waals surface area contributed by atoms with Crippen molar-refractivity contribution in [1.82, 2.24) is 10.4 Å². The van der Waals surface area contributed by atoms with E-state index in [1.54, 1.807) is 5.06 Å². The summed E-state index contributed by atoms with van der Waals surface area (Å²) in [6.07, 6.45) is 4.99. The topological polar surface area (TPSA) is 41.6 Å². The Balaban J connectivity index is 1.71. The van der Waals surface area contributed by atoms with Gasteiger partial charge in [0.1, 0.15) is 5.60 Å². The molecule has 1 N–H and O–H groups in total. The van der Waals surface area contributed by atoms with Gasteiger partial charge in [0, 0.05) is 6.54 Å². The molecule has 3 aliphatic rings. The molecule has 4 heteroatoms. The van der Waals surface area contributed by atoms with Gasteiger partial charge in [0.05, 0.1) is 12.5 Å². The van der Waals surface area contributed by atoms with Gasteiger partial charge in [0.2, 0.25) is 5.91 Å². The van der Waals surface area contributed by atoms with Gasteiger partial charge in [-0.05, 0) is 32.2 Å². The smallest absolute Gasteiger partial charge is 0.249 e. The highest BCUT2D eigenvalue weighted by Crippen LogP contribution is 2.44. The highest BCUT2D eigenvalue weighted by atomic mass is 16.7. The Hall–Kier alpha value is -0.610. The fourth-order valence-electron chi connectivity index (χ4n) is 2.60. The molecule has 0 aromatic heterocycles. The van der Waals surface area contributed by atoms with E-state index in [2.05, 4.69) is 5.32 Å². The molecule has 14 heavy (non-hydrogen) atoms. The third kappa shape index (κ3) is 1.17. The van der Waals surface area contributed by atoms with Crippen molar-refractivity contribution in [3.63, 3.8) is 0 Å². The molecule has 2 heterocycles. The van der Waals surface area contributed by atoms with E-state index >= 15 is 0 Å². The van der Waals surface area contributed by atoms with Gasteiger partial charge < -0.3 is 5.32 Å². The second-order valence-corrected chi connectivity index (χ2v) is 4.67. The lowest BCUT2D eigenvalue weighted by molar-refractivity contribution is -0.233. The quantitative estimate of drug-likeness (QED) is 0.661. The highest BCUT2D eigenvalue weighted by Gasteiger charge is 2.51. The fraction of sp³-hybridized carbons (Fsp3) is 0.900. The molecule has 0 aromatic carbocycles. The van der Waals surface area contributed by atoms with Gasteiger partial charge in [-0.25, -0.2) is 5.06 Å². The maximum Gasteiger partial charge on any atom is 0.249 e. The Kier molecular flexibility index (Phi) is 1.82. The number of rotatable bonds is 1. The molecule has 2 saturated heterocycles. The minimum Gasteiger partial charge on any atom is -0.315 e. The van der Waals surface area contributed by atoms with Gasteiger partial charge in [-0.1, -0.05) is 0 Å². The second kappa shape index (κ2) is 2.94. The summed E-state index contributed by atoms with van der Waals surface area (Å²) >= 11 is 0. The van der Waals surface area contributed by atoms with E-state index < -0.39 is 0 Å². The lowest BCUT2D eigenvalue weighted by Gasteiger charge is -2.36. The predicted octanol–water partition coefficient (Wildman–Crippen LogP) is 0.435. The Morgan fingerprint density at radius 1 is 1.50 bits per heavy atom. The summed E-state index contributed by atoms with van der Waals surface area (Å²) in [6.45, 7) is 1.90. The summed E-state index contributed by atoms with van der Waals surface area (Å²) in [5.41, 5.74) is -0.0837. The van der Waals surface area contributed by atoms with Crippen molar-refractivity contribution in [2.45, 2.75) is 43.7 Å². The number of carbonyl (C=O) groups is 1. The zero-order chi connectivity index (χ0) is 9.60. The SMILES string of the molecule is O=C1CC2(CCC2)ON1C1CCNC1. The zero-order valence-electron chi connectivity index (χ0n) is 8.29. The Morgan fingerprint density at radius 3 is 2.86 bits per heavy atom. The molecule has 0 aromatic rings. The highest BCUT2D eigenvalue weighted by molar-refractivity contribution is 5.78. The standard InChI is InChI=1S/C10H16N2O2/c13-9-6-10(3-1-4-10)14-12(9)8-2-5-11-7-8/h8,11H,1-7H2. The van der Waals surface area contributed by atoms with Gasteiger partial charge in [-0.2, -0.15) is 0 Å². The van der Waals surface area contributed by atoms with Crippen molar-refractivity contribution >= 4 is 5.91 Å². The third-order valence-electron chi connectivity index (χ3n) is 3.64. The number of carbonyl (C=O) groups excluding carboxylic acids is 1. The van der Waals surface area contributed by atoms with Crippen LogP contribution in [0, 0.1) is 0 Å². The fourth-order valence-corrected chi connectivity index (χ4v) is 2.60. The van der Waals surface area contributed by atoms with Crippen molar-refractivity contribution in [3.8, 4) is 0 Å². The number of nitrogens with one attached hydrogen (secondary N) is 1. The average Bonchev–Trinajstić information content (AvgIpc) is 2.68. The first kappa shape index (κ1) is 8.68. The van der Waals surface area contributed by atoms with Crippen LogP contribution in [0.5, 0.6) is 0 Å². The van der Waals surface area contributed by atoms with Crippen LogP contribution in [0.3, 0.4) is 0 Å². The van der Waals surface area contributed by atoms with Crippen LogP contribution in [0.2, 0.25) is 0 Å². The Bertz CT molecular complexity index is 257. The van der Waals surface area contributed by atoms with Crippen LogP contribution in [0.15, 0.2) is 0 Å². The molecule has 3 rings (SSSR count). The molecule has 1 atom stereocenters. The van der Waals surface area contributed by atoms with Crippen LogP contribution in [0.25, 0.3) is 0 Å². The van der Waals surface area contributed by atoms with Crippen molar-refractivity contribution in [3.05, 3.63) is 0 Å². The number of amides is 1. The first-order valence-corrected chi connectivity index (χ1v) is 5.51. The second-order valence-electron chi connectivity index (χ2n) is 4.67. The molecule has 2 aliphatic heterocycles. The number of nitrogens with zero attached hydrogens (tertiary/aromatic N) is 1. The molecule has 1 amide bonds. The van der Waals surface area contributed by atoms with Gasteiger partial charge in [-0.3, -0.25) is 9.63 Å². The lowest BCUT2D eigenvalue weighted by Crippen LogP contribution is -2.41. The van der Waals surface area contributed by atoms with Crippen LogP contribution in [0.1, 0.15) is 32.1 Å². The summed E-state index contributed by atoms with van der Waals surface area (Å²) in [5, 5.41) is 4.91. The molecule has 78 valence electrons. The van der Waals surface area contributed by atoms with E-state index in [0.29, 0.717) is 6.42 Å². The minimum absolute atomic E-state index is 0.0837. The average molecular weight is 196 g/mol. The van der Waals surface area contributed by atoms with Gasteiger partial charge >= 0.3 is 0 Å².